The molecule has 2 aromatic rings. The van der Waals surface area contributed by atoms with Crippen LogP contribution in [0.5, 0.6) is 5.75 Å². The van der Waals surface area contributed by atoms with Crippen molar-refractivity contribution in [2.45, 2.75) is 56.4 Å². The van der Waals surface area contributed by atoms with E-state index in [0.717, 1.165) is 19.4 Å². The molecule has 2 aromatic carbocycles. The second-order valence-electron chi connectivity index (χ2n) is 7.99. The largest absolute Gasteiger partial charge is 0.508 e. The van der Waals surface area contributed by atoms with Crippen LogP contribution in [0.4, 0.5) is 0 Å². The smallest absolute Gasteiger partial charge is 0.115 e. The van der Waals surface area contributed by atoms with E-state index in [0.29, 0.717) is 23.6 Å². The van der Waals surface area contributed by atoms with E-state index >= 15 is 0 Å². The minimum absolute atomic E-state index is 0.251. The van der Waals surface area contributed by atoms with E-state index in [9.17, 15) is 10.2 Å². The molecule has 0 aromatic heterocycles. The molecule has 1 saturated carbocycles. The molecular formula is C24H33NO2. The lowest BCUT2D eigenvalue weighted by Gasteiger charge is -2.35. The van der Waals surface area contributed by atoms with Gasteiger partial charge in [-0.25, -0.2) is 0 Å². The molecule has 3 nitrogen and oxygen atoms in total. The van der Waals surface area contributed by atoms with E-state index < -0.39 is 0 Å². The van der Waals surface area contributed by atoms with Crippen molar-refractivity contribution in [2.75, 3.05) is 20.2 Å². The summed E-state index contributed by atoms with van der Waals surface area (Å²) in [6, 6.07) is 19.0. The molecule has 0 saturated heterocycles. The molecule has 0 aliphatic heterocycles. The van der Waals surface area contributed by atoms with Gasteiger partial charge in [0.1, 0.15) is 5.75 Å². The van der Waals surface area contributed by atoms with Crippen molar-refractivity contribution in [1.82, 2.24) is 4.90 Å². The second kappa shape index (κ2) is 9.91. The van der Waals surface area contributed by atoms with Gasteiger partial charge in [0.25, 0.3) is 0 Å². The second-order valence-corrected chi connectivity index (χ2v) is 7.99. The number of phenols is 1. The number of aliphatic hydroxyl groups excluding tert-OH is 1. The summed E-state index contributed by atoms with van der Waals surface area (Å²) in [6.45, 7) is 1.33. The fourth-order valence-corrected chi connectivity index (χ4v) is 4.50. The predicted molar refractivity (Wildman–Crippen MR) is 111 cm³/mol. The minimum Gasteiger partial charge on any atom is -0.508 e. The molecule has 1 atom stereocenters. The molecule has 0 amide bonds. The Morgan fingerprint density at radius 1 is 0.926 bits per heavy atom. The zero-order valence-corrected chi connectivity index (χ0v) is 16.4. The molecule has 3 heteroatoms. The van der Waals surface area contributed by atoms with Gasteiger partial charge in [0, 0.05) is 12.6 Å². The summed E-state index contributed by atoms with van der Waals surface area (Å²) < 4.78 is 0. The molecule has 2 N–H and O–H groups in total. The number of phenolic OH excluding ortho intramolecular Hbond substituents is 1. The van der Waals surface area contributed by atoms with Crippen LogP contribution in [0.15, 0.2) is 54.6 Å². The lowest BCUT2D eigenvalue weighted by atomic mass is 9.81. The quantitative estimate of drug-likeness (QED) is 0.697. The third-order valence-corrected chi connectivity index (χ3v) is 6.26. The summed E-state index contributed by atoms with van der Waals surface area (Å²) in [6.07, 6.45) is 6.84. The van der Waals surface area contributed by atoms with Gasteiger partial charge in [0.2, 0.25) is 0 Å². The average Bonchev–Trinajstić information content (AvgIpc) is 2.72. The highest BCUT2D eigenvalue weighted by Crippen LogP contribution is 2.35. The van der Waals surface area contributed by atoms with Gasteiger partial charge in [-0.2, -0.15) is 0 Å². The van der Waals surface area contributed by atoms with Crippen molar-refractivity contribution < 1.29 is 10.2 Å². The monoisotopic (exact) mass is 367 g/mol. The third-order valence-electron chi connectivity index (χ3n) is 6.26. The standard InChI is InChI=1S/C24H33NO2/c1-25(17-15-22(16-18-26)19-5-3-2-4-6-19)23-11-7-20(8-12-23)21-9-13-24(27)14-10-21/h2-6,9-10,13-14,20,22-23,26-27H,7-8,11-12,15-18H2,1H3. The molecule has 1 aliphatic rings. The molecule has 1 fully saturated rings. The lowest BCUT2D eigenvalue weighted by molar-refractivity contribution is 0.173. The maximum Gasteiger partial charge on any atom is 0.115 e. The molecule has 1 unspecified atom stereocenters. The highest BCUT2D eigenvalue weighted by Gasteiger charge is 2.25. The van der Waals surface area contributed by atoms with Gasteiger partial charge in [0.05, 0.1) is 0 Å². The Morgan fingerprint density at radius 2 is 1.59 bits per heavy atom. The molecule has 0 heterocycles. The summed E-state index contributed by atoms with van der Waals surface area (Å²) in [7, 11) is 2.26. The van der Waals surface area contributed by atoms with Crippen molar-refractivity contribution in [3.8, 4) is 5.75 Å². The van der Waals surface area contributed by atoms with Gasteiger partial charge < -0.3 is 15.1 Å². The summed E-state index contributed by atoms with van der Waals surface area (Å²) >= 11 is 0. The molecule has 0 bridgehead atoms. The van der Waals surface area contributed by atoms with E-state index in [4.69, 9.17) is 0 Å². The highest BCUT2D eigenvalue weighted by molar-refractivity contribution is 5.28. The van der Waals surface area contributed by atoms with Gasteiger partial charge in [-0.1, -0.05) is 42.5 Å². The van der Waals surface area contributed by atoms with Crippen molar-refractivity contribution >= 4 is 0 Å². The first-order chi connectivity index (χ1) is 13.2. The number of nitrogens with zero attached hydrogens (tertiary/aromatic N) is 1. The Labute approximate surface area is 163 Å². The summed E-state index contributed by atoms with van der Waals surface area (Å²) in [5.41, 5.74) is 2.71. The van der Waals surface area contributed by atoms with Crippen LogP contribution in [0, 0.1) is 0 Å². The van der Waals surface area contributed by atoms with Crippen LogP contribution in [0.1, 0.15) is 61.5 Å². The predicted octanol–water partition coefficient (Wildman–Crippen LogP) is 4.91. The fraction of sp³-hybridized carbons (Fsp3) is 0.500. The molecule has 0 radical (unpaired) electrons. The number of aromatic hydroxyl groups is 1. The minimum atomic E-state index is 0.251. The molecule has 3 rings (SSSR count). The molecular weight excluding hydrogens is 334 g/mol. The number of hydrogen-bond donors (Lipinski definition) is 2. The lowest BCUT2D eigenvalue weighted by Crippen LogP contribution is -2.36. The van der Waals surface area contributed by atoms with Crippen LogP contribution in [0.3, 0.4) is 0 Å². The maximum absolute atomic E-state index is 9.47. The topological polar surface area (TPSA) is 43.7 Å². The normalized spacial score (nSPS) is 21.3. The summed E-state index contributed by atoms with van der Waals surface area (Å²) in [4.78, 5) is 2.53. The first-order valence-electron chi connectivity index (χ1n) is 10.3. The number of rotatable bonds is 8. The number of aliphatic hydroxyl groups is 1. The number of hydrogen-bond acceptors (Lipinski definition) is 3. The van der Waals surface area contributed by atoms with Gasteiger partial charge in [-0.15, -0.1) is 0 Å². The Morgan fingerprint density at radius 3 is 2.22 bits per heavy atom. The average molecular weight is 368 g/mol. The van der Waals surface area contributed by atoms with E-state index in [1.807, 2.05) is 0 Å². The zero-order valence-electron chi connectivity index (χ0n) is 16.4. The van der Waals surface area contributed by atoms with Gasteiger partial charge >= 0.3 is 0 Å². The molecule has 146 valence electrons. The van der Waals surface area contributed by atoms with Crippen molar-refractivity contribution in [2.24, 2.45) is 0 Å². The highest BCUT2D eigenvalue weighted by atomic mass is 16.3. The van der Waals surface area contributed by atoms with Crippen LogP contribution >= 0.6 is 0 Å². The first-order valence-corrected chi connectivity index (χ1v) is 10.3. The molecule has 1 aliphatic carbocycles. The van der Waals surface area contributed by atoms with E-state index in [1.54, 1.807) is 12.1 Å². The van der Waals surface area contributed by atoms with E-state index in [2.05, 4.69) is 54.4 Å². The fourth-order valence-electron chi connectivity index (χ4n) is 4.50. The number of benzene rings is 2. The van der Waals surface area contributed by atoms with Crippen molar-refractivity contribution in [3.05, 3.63) is 65.7 Å². The Kier molecular flexibility index (Phi) is 7.31. The van der Waals surface area contributed by atoms with Crippen molar-refractivity contribution in [1.29, 1.82) is 0 Å². The van der Waals surface area contributed by atoms with E-state index in [1.165, 1.54) is 36.8 Å². The van der Waals surface area contributed by atoms with Crippen LogP contribution in [-0.2, 0) is 0 Å². The van der Waals surface area contributed by atoms with Crippen LogP contribution in [-0.4, -0.2) is 41.4 Å². The van der Waals surface area contributed by atoms with Crippen LogP contribution in [0.25, 0.3) is 0 Å². The Balaban J connectivity index is 1.48. The summed E-state index contributed by atoms with van der Waals surface area (Å²) in [5, 5.41) is 18.9. The third kappa shape index (κ3) is 5.57. The van der Waals surface area contributed by atoms with Gasteiger partial charge in [-0.05, 0) is 87.2 Å². The van der Waals surface area contributed by atoms with Gasteiger partial charge in [0.15, 0.2) is 0 Å². The van der Waals surface area contributed by atoms with Gasteiger partial charge in [-0.3, -0.25) is 0 Å². The maximum atomic E-state index is 9.47. The van der Waals surface area contributed by atoms with Crippen LogP contribution in [0.2, 0.25) is 0 Å². The molecule has 0 spiro atoms. The first kappa shape index (κ1) is 19.9. The SMILES string of the molecule is CN(CCC(CCO)c1ccccc1)C1CCC(c2ccc(O)cc2)CC1. The summed E-state index contributed by atoms with van der Waals surface area (Å²) in [5.74, 6) is 1.41. The Bertz CT molecular complexity index is 663. The Hall–Kier alpha value is -1.84. The van der Waals surface area contributed by atoms with Crippen molar-refractivity contribution in [3.63, 3.8) is 0 Å². The molecule has 27 heavy (non-hydrogen) atoms. The zero-order chi connectivity index (χ0) is 19.1. The van der Waals surface area contributed by atoms with E-state index in [-0.39, 0.29) is 6.61 Å². The van der Waals surface area contributed by atoms with Crippen LogP contribution < -0.4 is 0 Å².